The molecule has 0 aliphatic heterocycles. The molecule has 2 rings (SSSR count). The van der Waals surface area contributed by atoms with Crippen LogP contribution in [0, 0.1) is 18.8 Å². The van der Waals surface area contributed by atoms with Crippen LogP contribution in [0.15, 0.2) is 53.4 Å². The van der Waals surface area contributed by atoms with E-state index >= 15 is 0 Å². The summed E-state index contributed by atoms with van der Waals surface area (Å²) in [4.78, 5) is 1.21. The molecule has 1 unspecified atom stereocenters. The van der Waals surface area contributed by atoms with Crippen LogP contribution in [-0.2, 0) is 0 Å². The van der Waals surface area contributed by atoms with Crippen molar-refractivity contribution in [2.24, 2.45) is 0 Å². The zero-order valence-corrected chi connectivity index (χ0v) is 11.9. The Labute approximate surface area is 118 Å². The van der Waals surface area contributed by atoms with Crippen molar-refractivity contribution in [2.75, 3.05) is 6.26 Å². The Morgan fingerprint density at radius 2 is 1.63 bits per heavy atom. The van der Waals surface area contributed by atoms with Gasteiger partial charge >= 0.3 is 0 Å². The molecule has 0 aliphatic carbocycles. The van der Waals surface area contributed by atoms with Gasteiger partial charge < -0.3 is 5.11 Å². The van der Waals surface area contributed by atoms with Crippen LogP contribution in [-0.4, -0.2) is 11.4 Å². The summed E-state index contributed by atoms with van der Waals surface area (Å²) in [6.45, 7) is 2.02. The third-order valence-corrected chi connectivity index (χ3v) is 3.58. The molecule has 0 bridgehead atoms. The van der Waals surface area contributed by atoms with Gasteiger partial charge in [-0.2, -0.15) is 0 Å². The molecule has 2 heteroatoms. The molecule has 96 valence electrons. The van der Waals surface area contributed by atoms with Gasteiger partial charge in [0.1, 0.15) is 6.10 Å². The number of aliphatic hydroxyl groups excluding tert-OH is 1. The third-order valence-electron chi connectivity index (χ3n) is 2.84. The van der Waals surface area contributed by atoms with Gasteiger partial charge in [0, 0.05) is 10.5 Å². The molecule has 1 nitrogen and oxygen atoms in total. The van der Waals surface area contributed by atoms with Gasteiger partial charge in [0.2, 0.25) is 0 Å². The molecule has 0 saturated carbocycles. The number of benzene rings is 2. The SMILES string of the molecule is CSc1ccc(C#CC(O)c2ccc(C)cc2)cc1. The molecule has 1 atom stereocenters. The molecule has 19 heavy (non-hydrogen) atoms. The van der Waals surface area contributed by atoms with Crippen molar-refractivity contribution in [1.82, 2.24) is 0 Å². The van der Waals surface area contributed by atoms with E-state index in [0.717, 1.165) is 11.1 Å². The maximum absolute atomic E-state index is 10.00. The normalized spacial score (nSPS) is 11.5. The predicted octanol–water partition coefficient (Wildman–Crippen LogP) is 3.80. The van der Waals surface area contributed by atoms with Gasteiger partial charge in [0.15, 0.2) is 0 Å². The van der Waals surface area contributed by atoms with E-state index in [1.165, 1.54) is 10.5 Å². The minimum atomic E-state index is -0.735. The number of thioether (sulfide) groups is 1. The summed E-state index contributed by atoms with van der Waals surface area (Å²) in [6.07, 6.45) is 1.31. The van der Waals surface area contributed by atoms with E-state index in [2.05, 4.69) is 11.8 Å². The topological polar surface area (TPSA) is 20.2 Å². The molecular formula is C17H16OS. The Hall–Kier alpha value is -1.69. The second kappa shape index (κ2) is 6.47. The summed E-state index contributed by atoms with van der Waals surface area (Å²) < 4.78 is 0. The predicted molar refractivity (Wildman–Crippen MR) is 81.2 cm³/mol. The zero-order chi connectivity index (χ0) is 13.7. The number of hydrogen-bond donors (Lipinski definition) is 1. The smallest absolute Gasteiger partial charge is 0.140 e. The first-order valence-corrected chi connectivity index (χ1v) is 7.32. The minimum absolute atomic E-state index is 0.735. The van der Waals surface area contributed by atoms with Crippen molar-refractivity contribution in [2.45, 2.75) is 17.9 Å². The molecule has 0 spiro atoms. The molecule has 0 amide bonds. The van der Waals surface area contributed by atoms with Crippen molar-refractivity contribution in [3.05, 3.63) is 65.2 Å². The standard InChI is InChI=1S/C17H16OS/c1-13-3-8-15(9-4-13)17(18)12-7-14-5-10-16(19-2)11-6-14/h3-6,8-11,17-18H,1-2H3. The highest BCUT2D eigenvalue weighted by Gasteiger charge is 2.02. The van der Waals surface area contributed by atoms with Gasteiger partial charge in [0.05, 0.1) is 0 Å². The Morgan fingerprint density at radius 1 is 1.00 bits per heavy atom. The second-order valence-electron chi connectivity index (χ2n) is 4.31. The summed E-state index contributed by atoms with van der Waals surface area (Å²) in [7, 11) is 0. The average Bonchev–Trinajstić information content (AvgIpc) is 2.46. The quantitative estimate of drug-likeness (QED) is 0.660. The highest BCUT2D eigenvalue weighted by atomic mass is 32.2. The Balaban J connectivity index is 2.11. The molecular weight excluding hydrogens is 252 g/mol. The van der Waals surface area contributed by atoms with Crippen LogP contribution >= 0.6 is 11.8 Å². The van der Waals surface area contributed by atoms with Crippen LogP contribution in [0.1, 0.15) is 22.8 Å². The maximum atomic E-state index is 10.00. The largest absolute Gasteiger partial charge is 0.376 e. The minimum Gasteiger partial charge on any atom is -0.376 e. The highest BCUT2D eigenvalue weighted by molar-refractivity contribution is 7.98. The monoisotopic (exact) mass is 268 g/mol. The lowest BCUT2D eigenvalue weighted by molar-refractivity contribution is 0.238. The number of aliphatic hydroxyl groups is 1. The highest BCUT2D eigenvalue weighted by Crippen LogP contribution is 2.15. The molecule has 0 aromatic heterocycles. The van der Waals surface area contributed by atoms with Gasteiger partial charge in [-0.05, 0) is 43.0 Å². The second-order valence-corrected chi connectivity index (χ2v) is 5.19. The van der Waals surface area contributed by atoms with Gasteiger partial charge in [-0.1, -0.05) is 41.7 Å². The van der Waals surface area contributed by atoms with Crippen molar-refractivity contribution in [3.63, 3.8) is 0 Å². The maximum Gasteiger partial charge on any atom is 0.140 e. The van der Waals surface area contributed by atoms with Crippen molar-refractivity contribution in [1.29, 1.82) is 0 Å². The fraction of sp³-hybridized carbons (Fsp3) is 0.176. The number of rotatable bonds is 2. The van der Waals surface area contributed by atoms with E-state index in [-0.39, 0.29) is 0 Å². The molecule has 2 aromatic carbocycles. The van der Waals surface area contributed by atoms with E-state index in [1.807, 2.05) is 61.7 Å². The summed E-state index contributed by atoms with van der Waals surface area (Å²) in [6, 6.07) is 15.8. The molecule has 0 fully saturated rings. The summed E-state index contributed by atoms with van der Waals surface area (Å²) >= 11 is 1.70. The Morgan fingerprint density at radius 3 is 2.21 bits per heavy atom. The van der Waals surface area contributed by atoms with Crippen molar-refractivity contribution >= 4 is 11.8 Å². The van der Waals surface area contributed by atoms with E-state index in [4.69, 9.17) is 0 Å². The first-order chi connectivity index (χ1) is 9.19. The lowest BCUT2D eigenvalue weighted by Crippen LogP contribution is -1.93. The average molecular weight is 268 g/mol. The zero-order valence-electron chi connectivity index (χ0n) is 11.1. The van der Waals surface area contributed by atoms with E-state index in [0.29, 0.717) is 0 Å². The van der Waals surface area contributed by atoms with Crippen LogP contribution in [0.25, 0.3) is 0 Å². The molecule has 0 aliphatic rings. The van der Waals surface area contributed by atoms with Crippen LogP contribution in [0.3, 0.4) is 0 Å². The third kappa shape index (κ3) is 3.89. The van der Waals surface area contributed by atoms with Gasteiger partial charge in [-0.25, -0.2) is 0 Å². The van der Waals surface area contributed by atoms with Gasteiger partial charge in [-0.15, -0.1) is 11.8 Å². The van der Waals surface area contributed by atoms with Gasteiger partial charge in [0.25, 0.3) is 0 Å². The molecule has 0 radical (unpaired) electrons. The van der Waals surface area contributed by atoms with Crippen LogP contribution < -0.4 is 0 Å². The summed E-state index contributed by atoms with van der Waals surface area (Å²) in [5, 5.41) is 10.00. The molecule has 1 N–H and O–H groups in total. The van der Waals surface area contributed by atoms with E-state index < -0.39 is 6.10 Å². The van der Waals surface area contributed by atoms with Crippen molar-refractivity contribution in [3.8, 4) is 11.8 Å². The van der Waals surface area contributed by atoms with E-state index in [9.17, 15) is 5.11 Å². The van der Waals surface area contributed by atoms with Gasteiger partial charge in [-0.3, -0.25) is 0 Å². The summed E-state index contributed by atoms with van der Waals surface area (Å²) in [5.41, 5.74) is 2.93. The fourth-order valence-electron chi connectivity index (χ4n) is 1.66. The molecule has 2 aromatic rings. The number of hydrogen-bond acceptors (Lipinski definition) is 2. The lowest BCUT2D eigenvalue weighted by Gasteiger charge is -2.03. The van der Waals surface area contributed by atoms with E-state index in [1.54, 1.807) is 11.8 Å². The molecule has 0 saturated heterocycles. The Bertz CT molecular complexity index is 588. The number of aryl methyl sites for hydroxylation is 1. The lowest BCUT2D eigenvalue weighted by atomic mass is 10.1. The van der Waals surface area contributed by atoms with Crippen molar-refractivity contribution < 1.29 is 5.11 Å². The molecule has 0 heterocycles. The van der Waals surface area contributed by atoms with Crippen LogP contribution in [0.2, 0.25) is 0 Å². The first-order valence-electron chi connectivity index (χ1n) is 6.09. The van der Waals surface area contributed by atoms with Crippen LogP contribution in [0.4, 0.5) is 0 Å². The van der Waals surface area contributed by atoms with Crippen LogP contribution in [0.5, 0.6) is 0 Å². The fourth-order valence-corrected chi connectivity index (χ4v) is 2.07. The Kier molecular flexibility index (Phi) is 4.68. The summed E-state index contributed by atoms with van der Waals surface area (Å²) in [5.74, 6) is 5.87. The first kappa shape index (κ1) is 13.7.